The summed E-state index contributed by atoms with van der Waals surface area (Å²) in [6, 6.07) is 12.4. The summed E-state index contributed by atoms with van der Waals surface area (Å²) in [6.07, 6.45) is 6.84. The first-order chi connectivity index (χ1) is 17.0. The molecule has 1 amide bonds. The molecule has 0 radical (unpaired) electrons. The molecule has 0 aliphatic heterocycles. The molecular formula is C25H25ClF2N6O. The van der Waals surface area contributed by atoms with Gasteiger partial charge in [-0.2, -0.15) is 0 Å². The number of hydrogen-bond donors (Lipinski definition) is 3. The number of halogens is 3. The van der Waals surface area contributed by atoms with Crippen molar-refractivity contribution < 1.29 is 13.6 Å². The van der Waals surface area contributed by atoms with E-state index in [2.05, 4.69) is 30.9 Å². The second-order valence-corrected chi connectivity index (χ2v) is 8.72. The Labute approximate surface area is 207 Å². The number of nitrogens with zero attached hydrogens (tertiary/aromatic N) is 3. The van der Waals surface area contributed by atoms with Crippen molar-refractivity contribution in [3.63, 3.8) is 0 Å². The summed E-state index contributed by atoms with van der Waals surface area (Å²) in [5, 5.41) is 9.98. The fraction of sp³-hybridized carbons (Fsp3) is 0.280. The monoisotopic (exact) mass is 498 g/mol. The van der Waals surface area contributed by atoms with Crippen LogP contribution in [0.3, 0.4) is 0 Å². The van der Waals surface area contributed by atoms with Crippen LogP contribution in [0.1, 0.15) is 41.6 Å². The van der Waals surface area contributed by atoms with Crippen LogP contribution in [0.2, 0.25) is 5.02 Å². The van der Waals surface area contributed by atoms with Crippen molar-refractivity contribution in [3.05, 3.63) is 88.7 Å². The Morgan fingerprint density at radius 3 is 2.34 bits per heavy atom. The average molecular weight is 499 g/mol. The zero-order valence-corrected chi connectivity index (χ0v) is 19.6. The van der Waals surface area contributed by atoms with E-state index in [1.54, 1.807) is 30.6 Å². The average Bonchev–Trinajstić information content (AvgIpc) is 2.87. The van der Waals surface area contributed by atoms with Crippen molar-refractivity contribution in [1.82, 2.24) is 20.6 Å². The van der Waals surface area contributed by atoms with Crippen molar-refractivity contribution in [2.24, 2.45) is 4.99 Å². The second kappa shape index (κ2) is 11.7. The molecule has 0 bridgehead atoms. The van der Waals surface area contributed by atoms with Gasteiger partial charge in [-0.25, -0.2) is 23.7 Å². The van der Waals surface area contributed by atoms with Gasteiger partial charge in [0.05, 0.1) is 6.54 Å². The Balaban J connectivity index is 1.41. The van der Waals surface area contributed by atoms with Crippen LogP contribution in [-0.4, -0.2) is 33.9 Å². The lowest BCUT2D eigenvalue weighted by Gasteiger charge is -2.30. The van der Waals surface area contributed by atoms with Gasteiger partial charge in [-0.15, -0.1) is 0 Å². The fourth-order valence-electron chi connectivity index (χ4n) is 3.83. The van der Waals surface area contributed by atoms with E-state index in [4.69, 9.17) is 11.6 Å². The van der Waals surface area contributed by atoms with Gasteiger partial charge in [-0.05, 0) is 67.6 Å². The molecule has 2 aromatic carbocycles. The van der Waals surface area contributed by atoms with Gasteiger partial charge in [0.15, 0.2) is 17.6 Å². The maximum Gasteiger partial charge on any atom is 0.258 e. The van der Waals surface area contributed by atoms with Gasteiger partial charge in [-0.3, -0.25) is 10.1 Å². The third-order valence-corrected chi connectivity index (χ3v) is 5.97. The van der Waals surface area contributed by atoms with Gasteiger partial charge in [-0.1, -0.05) is 23.7 Å². The van der Waals surface area contributed by atoms with Crippen LogP contribution in [0.5, 0.6) is 0 Å². The summed E-state index contributed by atoms with van der Waals surface area (Å²) in [5.74, 6) is -1.80. The van der Waals surface area contributed by atoms with Crippen LogP contribution in [0.25, 0.3) is 0 Å². The highest BCUT2D eigenvalue weighted by Gasteiger charge is 2.23. The largest absolute Gasteiger partial charge is 0.353 e. The minimum Gasteiger partial charge on any atom is -0.353 e. The molecule has 1 aromatic heterocycles. The molecule has 0 atom stereocenters. The molecule has 0 unspecified atom stereocenters. The summed E-state index contributed by atoms with van der Waals surface area (Å²) in [4.78, 5) is 25.7. The number of carbonyl (C=O) groups is 1. The van der Waals surface area contributed by atoms with Crippen LogP contribution < -0.4 is 16.0 Å². The van der Waals surface area contributed by atoms with Crippen molar-refractivity contribution in [1.29, 1.82) is 0 Å². The van der Waals surface area contributed by atoms with Gasteiger partial charge in [0, 0.05) is 35.1 Å². The molecule has 0 saturated heterocycles. The van der Waals surface area contributed by atoms with Crippen molar-refractivity contribution in [2.45, 2.75) is 44.3 Å². The normalized spacial score (nSPS) is 18.1. The van der Waals surface area contributed by atoms with Crippen LogP contribution in [0.4, 0.5) is 14.7 Å². The third kappa shape index (κ3) is 7.19. The molecule has 1 aliphatic rings. The molecule has 4 rings (SSSR count). The number of benzene rings is 2. The highest BCUT2D eigenvalue weighted by Crippen LogP contribution is 2.21. The van der Waals surface area contributed by atoms with Crippen molar-refractivity contribution in [2.75, 3.05) is 5.32 Å². The zero-order valence-electron chi connectivity index (χ0n) is 18.8. The molecule has 10 heteroatoms. The van der Waals surface area contributed by atoms with Crippen LogP contribution in [0, 0.1) is 11.6 Å². The molecule has 0 spiro atoms. The Hall–Kier alpha value is -3.59. The van der Waals surface area contributed by atoms with E-state index in [-0.39, 0.29) is 23.6 Å². The fourth-order valence-corrected chi connectivity index (χ4v) is 3.96. The van der Waals surface area contributed by atoms with Crippen LogP contribution in [0.15, 0.2) is 65.9 Å². The maximum absolute atomic E-state index is 13.6. The first-order valence-corrected chi connectivity index (χ1v) is 11.7. The van der Waals surface area contributed by atoms with Crippen LogP contribution in [-0.2, 0) is 6.54 Å². The van der Waals surface area contributed by atoms with E-state index in [1.165, 1.54) is 6.07 Å². The lowest BCUT2D eigenvalue weighted by molar-refractivity contribution is 0.0974. The van der Waals surface area contributed by atoms with E-state index in [0.29, 0.717) is 17.5 Å². The maximum atomic E-state index is 13.6. The molecule has 1 saturated carbocycles. The number of aliphatic imine (C=N–C) groups is 1. The Morgan fingerprint density at radius 2 is 1.66 bits per heavy atom. The minimum absolute atomic E-state index is 0.000613. The first-order valence-electron chi connectivity index (χ1n) is 11.3. The molecule has 182 valence electrons. The number of rotatable bonds is 6. The number of amides is 1. The van der Waals surface area contributed by atoms with E-state index < -0.39 is 17.5 Å². The van der Waals surface area contributed by atoms with Gasteiger partial charge in [0.1, 0.15) is 0 Å². The number of anilines is 1. The first kappa shape index (κ1) is 24.5. The summed E-state index contributed by atoms with van der Waals surface area (Å²) in [6.45, 7) is 0.305. The van der Waals surface area contributed by atoms with E-state index in [1.807, 2.05) is 12.1 Å². The van der Waals surface area contributed by atoms with Crippen molar-refractivity contribution in [3.8, 4) is 0 Å². The Kier molecular flexibility index (Phi) is 8.20. The van der Waals surface area contributed by atoms with Gasteiger partial charge < -0.3 is 10.6 Å². The number of aromatic nitrogens is 2. The van der Waals surface area contributed by atoms with E-state index in [9.17, 15) is 13.6 Å². The molecule has 3 N–H and O–H groups in total. The molecule has 7 nitrogen and oxygen atoms in total. The minimum atomic E-state index is -1.08. The Bertz CT molecular complexity index is 1170. The van der Waals surface area contributed by atoms with E-state index in [0.717, 1.165) is 43.4 Å². The van der Waals surface area contributed by atoms with Gasteiger partial charge in [0.25, 0.3) is 5.91 Å². The van der Waals surface area contributed by atoms with Gasteiger partial charge in [0.2, 0.25) is 5.95 Å². The lowest BCUT2D eigenvalue weighted by atomic mass is 9.91. The predicted molar refractivity (Wildman–Crippen MR) is 131 cm³/mol. The molecule has 1 aliphatic carbocycles. The number of guanidine groups is 1. The number of carbonyl (C=O) groups excluding carboxylic acids is 1. The second-order valence-electron chi connectivity index (χ2n) is 8.28. The van der Waals surface area contributed by atoms with Gasteiger partial charge >= 0.3 is 0 Å². The van der Waals surface area contributed by atoms with E-state index >= 15 is 0 Å². The number of nitrogens with one attached hydrogen (secondary N) is 3. The summed E-state index contributed by atoms with van der Waals surface area (Å²) >= 11 is 5.95. The summed E-state index contributed by atoms with van der Waals surface area (Å²) in [5.41, 5.74) is 0.909. The standard InChI is InChI=1S/C25H25ClF2N6O/c26-18-5-2-16(3-6-18)15-31-25(34-23(35)17-4-11-21(27)22(28)14-17)33-20-9-7-19(8-10-20)32-24-29-12-1-13-30-24/h1-6,11-14,19-20H,7-10,15H2,(H,29,30,32)(H2,31,33,34,35). The summed E-state index contributed by atoms with van der Waals surface area (Å²) < 4.78 is 26.9. The molecule has 1 heterocycles. The molecule has 35 heavy (non-hydrogen) atoms. The number of hydrogen-bond acceptors (Lipinski definition) is 5. The smallest absolute Gasteiger partial charge is 0.258 e. The molecular weight excluding hydrogens is 474 g/mol. The third-order valence-electron chi connectivity index (χ3n) is 5.71. The Morgan fingerprint density at radius 1 is 0.971 bits per heavy atom. The quantitative estimate of drug-likeness (QED) is 0.338. The SMILES string of the molecule is O=C(NC(=NCc1ccc(Cl)cc1)NC1CCC(Nc2ncccn2)CC1)c1ccc(F)c(F)c1. The topological polar surface area (TPSA) is 91.3 Å². The summed E-state index contributed by atoms with van der Waals surface area (Å²) in [7, 11) is 0. The highest BCUT2D eigenvalue weighted by molar-refractivity contribution is 6.30. The zero-order chi connectivity index (χ0) is 24.6. The molecule has 1 fully saturated rings. The predicted octanol–water partition coefficient (Wildman–Crippen LogP) is 4.71. The van der Waals surface area contributed by atoms with Crippen molar-refractivity contribution >= 4 is 29.4 Å². The molecule has 3 aromatic rings. The van der Waals surface area contributed by atoms with Crippen LogP contribution >= 0.6 is 11.6 Å². The highest BCUT2D eigenvalue weighted by atomic mass is 35.5. The lowest BCUT2D eigenvalue weighted by Crippen LogP contribution is -2.48.